The van der Waals surface area contributed by atoms with Gasteiger partial charge in [0.05, 0.1) is 12.2 Å². The second-order valence-electron chi connectivity index (χ2n) is 4.88. The van der Waals surface area contributed by atoms with Crippen molar-refractivity contribution in [3.63, 3.8) is 0 Å². The summed E-state index contributed by atoms with van der Waals surface area (Å²) in [5.74, 6) is 1.89. The molecule has 0 aromatic heterocycles. The number of hydrogen-bond acceptors (Lipinski definition) is 2. The first kappa shape index (κ1) is 9.88. The molecule has 1 aliphatic carbocycles. The third-order valence-electron chi connectivity index (χ3n) is 3.72. The van der Waals surface area contributed by atoms with Crippen molar-refractivity contribution in [2.75, 3.05) is 6.61 Å². The topological polar surface area (TPSA) is 26.3 Å². The highest BCUT2D eigenvalue weighted by Gasteiger charge is 2.34. The van der Waals surface area contributed by atoms with Gasteiger partial charge in [-0.2, -0.15) is 0 Å². The van der Waals surface area contributed by atoms with Crippen LogP contribution in [0.4, 0.5) is 0 Å². The van der Waals surface area contributed by atoms with Gasteiger partial charge in [0.25, 0.3) is 0 Å². The first-order valence-electron chi connectivity index (χ1n) is 6.06. The number of fused-ring (bicyclic) bond motifs is 1. The Balaban J connectivity index is 1.94. The van der Waals surface area contributed by atoms with Crippen molar-refractivity contribution in [1.29, 1.82) is 0 Å². The highest BCUT2D eigenvalue weighted by atomic mass is 16.5. The van der Waals surface area contributed by atoms with Crippen LogP contribution in [-0.4, -0.2) is 12.4 Å². The maximum absolute atomic E-state index is 12.3. The number of carbonyl (C=O) groups is 1. The van der Waals surface area contributed by atoms with Crippen LogP contribution < -0.4 is 4.74 Å². The molecule has 0 N–H and O–H groups in total. The lowest BCUT2D eigenvalue weighted by Crippen LogP contribution is -2.14. The minimum Gasteiger partial charge on any atom is -0.492 e. The summed E-state index contributed by atoms with van der Waals surface area (Å²) in [4.78, 5) is 12.3. The van der Waals surface area contributed by atoms with Crippen molar-refractivity contribution in [3.8, 4) is 5.75 Å². The van der Waals surface area contributed by atoms with E-state index >= 15 is 0 Å². The van der Waals surface area contributed by atoms with Crippen LogP contribution >= 0.6 is 0 Å². The number of carbonyl (C=O) groups excluding carboxylic acids is 1. The first-order valence-corrected chi connectivity index (χ1v) is 6.06. The summed E-state index contributed by atoms with van der Waals surface area (Å²) in [6, 6.07) is 5.94. The lowest BCUT2D eigenvalue weighted by atomic mass is 9.93. The molecule has 0 spiro atoms. The van der Waals surface area contributed by atoms with E-state index in [1.165, 1.54) is 18.4 Å². The van der Waals surface area contributed by atoms with Crippen molar-refractivity contribution in [2.24, 2.45) is 11.8 Å². The number of Topliss-reactive ketones (excluding diaryl/α,β-unsaturated/α-hetero) is 1. The summed E-state index contributed by atoms with van der Waals surface area (Å²) in [5.41, 5.74) is 1.99. The summed E-state index contributed by atoms with van der Waals surface area (Å²) in [7, 11) is 0. The van der Waals surface area contributed by atoms with Crippen LogP contribution in [0.3, 0.4) is 0 Å². The molecule has 1 atom stereocenters. The van der Waals surface area contributed by atoms with Gasteiger partial charge in [0.1, 0.15) is 5.75 Å². The Morgan fingerprint density at radius 3 is 3.00 bits per heavy atom. The molecule has 0 amide bonds. The van der Waals surface area contributed by atoms with Crippen molar-refractivity contribution in [3.05, 3.63) is 29.3 Å². The summed E-state index contributed by atoms with van der Waals surface area (Å²) in [5, 5.41) is 0. The zero-order chi connectivity index (χ0) is 11.1. The molecule has 2 heteroatoms. The molecule has 0 bridgehead atoms. The zero-order valence-electron chi connectivity index (χ0n) is 9.53. The van der Waals surface area contributed by atoms with E-state index in [1.807, 2.05) is 19.1 Å². The van der Waals surface area contributed by atoms with Crippen LogP contribution in [0.1, 0.15) is 35.7 Å². The molecule has 2 nitrogen and oxygen atoms in total. The molecule has 1 heterocycles. The quantitative estimate of drug-likeness (QED) is 0.726. The Morgan fingerprint density at radius 2 is 2.25 bits per heavy atom. The van der Waals surface area contributed by atoms with Gasteiger partial charge < -0.3 is 4.74 Å². The van der Waals surface area contributed by atoms with E-state index in [9.17, 15) is 4.79 Å². The molecule has 2 aliphatic rings. The molecule has 3 rings (SSSR count). The molecule has 0 saturated heterocycles. The van der Waals surface area contributed by atoms with Gasteiger partial charge in [-0.25, -0.2) is 0 Å². The second kappa shape index (κ2) is 3.62. The molecule has 1 fully saturated rings. The van der Waals surface area contributed by atoms with Crippen LogP contribution in [0.2, 0.25) is 0 Å². The van der Waals surface area contributed by atoms with Gasteiger partial charge in [0.2, 0.25) is 0 Å². The van der Waals surface area contributed by atoms with E-state index < -0.39 is 0 Å². The summed E-state index contributed by atoms with van der Waals surface area (Å²) < 4.78 is 5.58. The molecule has 1 unspecified atom stereocenters. The van der Waals surface area contributed by atoms with E-state index in [4.69, 9.17) is 4.74 Å². The lowest BCUT2D eigenvalue weighted by Gasteiger charge is -2.11. The van der Waals surface area contributed by atoms with Crippen LogP contribution in [0, 0.1) is 11.8 Å². The Morgan fingerprint density at radius 1 is 1.44 bits per heavy atom. The standard InChI is InChI=1S/C14H16O2/c1-9(10-5-6-10)13(15)12-4-2-3-11-7-8-16-14(11)12/h2-4,9-10H,5-8H2,1H3. The SMILES string of the molecule is CC(C(=O)c1cccc2c1OCC2)C1CC1. The Bertz CT molecular complexity index is 432. The van der Waals surface area contributed by atoms with E-state index in [0.29, 0.717) is 5.92 Å². The van der Waals surface area contributed by atoms with Crippen LogP contribution in [0.25, 0.3) is 0 Å². The van der Waals surface area contributed by atoms with Gasteiger partial charge >= 0.3 is 0 Å². The molecule has 16 heavy (non-hydrogen) atoms. The first-order chi connectivity index (χ1) is 7.77. The van der Waals surface area contributed by atoms with Crippen LogP contribution in [0.15, 0.2) is 18.2 Å². The Kier molecular flexibility index (Phi) is 2.23. The smallest absolute Gasteiger partial charge is 0.169 e. The second-order valence-corrected chi connectivity index (χ2v) is 4.88. The van der Waals surface area contributed by atoms with Gasteiger partial charge in [-0.15, -0.1) is 0 Å². The van der Waals surface area contributed by atoms with E-state index in [-0.39, 0.29) is 11.7 Å². The van der Waals surface area contributed by atoms with Gasteiger partial charge in [0, 0.05) is 12.3 Å². The van der Waals surface area contributed by atoms with Gasteiger partial charge in [0.15, 0.2) is 5.78 Å². The molecule has 0 radical (unpaired) electrons. The maximum Gasteiger partial charge on any atom is 0.169 e. The predicted molar refractivity (Wildman–Crippen MR) is 61.9 cm³/mol. The third kappa shape index (κ3) is 1.53. The number of ether oxygens (including phenoxy) is 1. The maximum atomic E-state index is 12.3. The monoisotopic (exact) mass is 216 g/mol. The molecular weight excluding hydrogens is 200 g/mol. The lowest BCUT2D eigenvalue weighted by molar-refractivity contribution is 0.0913. The normalized spacial score (nSPS) is 20.1. The van der Waals surface area contributed by atoms with Gasteiger partial charge in [-0.1, -0.05) is 19.1 Å². The van der Waals surface area contributed by atoms with Crippen molar-refractivity contribution < 1.29 is 9.53 Å². The van der Waals surface area contributed by atoms with Crippen LogP contribution in [0.5, 0.6) is 5.75 Å². The summed E-state index contributed by atoms with van der Waals surface area (Å²) >= 11 is 0. The summed E-state index contributed by atoms with van der Waals surface area (Å²) in [6.45, 7) is 2.77. The van der Waals surface area contributed by atoms with E-state index in [2.05, 4.69) is 6.07 Å². The molecule has 1 aromatic carbocycles. The minimum atomic E-state index is 0.163. The number of para-hydroxylation sites is 1. The number of hydrogen-bond donors (Lipinski definition) is 0. The number of rotatable bonds is 3. The fraction of sp³-hybridized carbons (Fsp3) is 0.500. The highest BCUT2D eigenvalue weighted by molar-refractivity contribution is 6.01. The zero-order valence-corrected chi connectivity index (χ0v) is 9.53. The van der Waals surface area contributed by atoms with Gasteiger partial charge in [-0.05, 0) is 30.4 Å². The fourth-order valence-electron chi connectivity index (χ4n) is 2.46. The molecule has 84 valence electrons. The largest absolute Gasteiger partial charge is 0.492 e. The Hall–Kier alpha value is -1.31. The van der Waals surface area contributed by atoms with Crippen molar-refractivity contribution in [2.45, 2.75) is 26.2 Å². The average Bonchev–Trinajstić information content (AvgIpc) is 3.04. The fourth-order valence-corrected chi connectivity index (χ4v) is 2.46. The molecule has 1 aliphatic heterocycles. The summed E-state index contributed by atoms with van der Waals surface area (Å²) in [6.07, 6.45) is 3.36. The molecule has 1 aromatic rings. The van der Waals surface area contributed by atoms with E-state index in [1.54, 1.807) is 0 Å². The van der Waals surface area contributed by atoms with Crippen molar-refractivity contribution >= 4 is 5.78 Å². The molecule has 1 saturated carbocycles. The minimum absolute atomic E-state index is 0.163. The molecular formula is C14H16O2. The number of ketones is 1. The van der Waals surface area contributed by atoms with Crippen LogP contribution in [-0.2, 0) is 6.42 Å². The highest BCUT2D eigenvalue weighted by Crippen LogP contribution is 2.40. The third-order valence-corrected chi connectivity index (χ3v) is 3.72. The Labute approximate surface area is 95.6 Å². The van der Waals surface area contributed by atoms with Crippen molar-refractivity contribution in [1.82, 2.24) is 0 Å². The number of benzene rings is 1. The van der Waals surface area contributed by atoms with E-state index in [0.717, 1.165) is 24.3 Å². The predicted octanol–water partition coefficient (Wildman–Crippen LogP) is 2.85. The average molecular weight is 216 g/mol. The van der Waals surface area contributed by atoms with Gasteiger partial charge in [-0.3, -0.25) is 4.79 Å².